The Hall–Kier alpha value is -3.47. The number of nitrogens with one attached hydrogen (secondary N) is 1. The van der Waals surface area contributed by atoms with E-state index in [4.69, 9.17) is 46.3 Å². The summed E-state index contributed by atoms with van der Waals surface area (Å²) >= 11 is 17.6. The molecule has 240 valence electrons. The third kappa shape index (κ3) is 7.85. The standard InChI is InChI=1S/C16H21ClN4O2S.C11H8Cl2N4O3S/c1-11-9-10-12(2)20(11)16-8-3-5-13(17)21(16)24(22,23)15-7-4-6-14(18)19-15;12-7-5-4-6(10(13)15-7)11(18)17-21(19,20)9-3-1-2-8(14)16-9/h3-8,11-12,16H,9-10H2,1-2H3,(H2,18,19);1-5H,(H2,14,16)(H,17,18)/t11-,12+,16?;. The Balaban J connectivity index is 0.000000207. The largest absolute Gasteiger partial charge is 0.384 e. The number of halogens is 3. The van der Waals surface area contributed by atoms with Gasteiger partial charge in [-0.1, -0.05) is 53.0 Å². The molecule has 0 spiro atoms. The second-order valence-electron chi connectivity index (χ2n) is 10.0. The number of amides is 1. The maximum absolute atomic E-state index is 13.2. The lowest BCUT2D eigenvalue weighted by Crippen LogP contribution is -2.52. The molecular weight excluding hydrogens is 687 g/mol. The van der Waals surface area contributed by atoms with Gasteiger partial charge in [0.1, 0.15) is 33.3 Å². The van der Waals surface area contributed by atoms with Gasteiger partial charge < -0.3 is 11.5 Å². The van der Waals surface area contributed by atoms with E-state index in [0.29, 0.717) is 0 Å². The zero-order chi connectivity index (χ0) is 33.1. The van der Waals surface area contributed by atoms with Crippen LogP contribution in [0.4, 0.5) is 11.6 Å². The highest BCUT2D eigenvalue weighted by atomic mass is 35.5. The summed E-state index contributed by atoms with van der Waals surface area (Å²) in [6, 6.07) is 11.7. The molecule has 0 saturated carbocycles. The van der Waals surface area contributed by atoms with Crippen LogP contribution >= 0.6 is 34.8 Å². The molecule has 45 heavy (non-hydrogen) atoms. The summed E-state index contributed by atoms with van der Waals surface area (Å²) in [7, 11) is -8.09. The van der Waals surface area contributed by atoms with Gasteiger partial charge in [-0.3, -0.25) is 9.69 Å². The quantitative estimate of drug-likeness (QED) is 0.247. The maximum atomic E-state index is 13.2. The van der Waals surface area contributed by atoms with Crippen molar-refractivity contribution in [1.82, 2.24) is 28.9 Å². The van der Waals surface area contributed by atoms with E-state index in [1.807, 2.05) is 10.8 Å². The molecule has 0 aromatic carbocycles. The van der Waals surface area contributed by atoms with Gasteiger partial charge in [0.25, 0.3) is 26.0 Å². The van der Waals surface area contributed by atoms with Gasteiger partial charge >= 0.3 is 0 Å². The number of nitrogens with two attached hydrogens (primary N) is 2. The first-order chi connectivity index (χ1) is 21.1. The molecule has 0 bridgehead atoms. The first kappa shape index (κ1) is 34.4. The van der Waals surface area contributed by atoms with Crippen molar-refractivity contribution in [1.29, 1.82) is 0 Å². The summed E-state index contributed by atoms with van der Waals surface area (Å²) in [5.41, 5.74) is 10.9. The van der Waals surface area contributed by atoms with Crippen LogP contribution in [-0.4, -0.2) is 65.1 Å². The summed E-state index contributed by atoms with van der Waals surface area (Å²) in [5.74, 6) is -0.784. The van der Waals surface area contributed by atoms with E-state index in [1.165, 1.54) is 40.7 Å². The molecule has 2 aliphatic heterocycles. The van der Waals surface area contributed by atoms with Gasteiger partial charge in [-0.25, -0.2) is 24.0 Å². The molecule has 13 nitrogen and oxygen atoms in total. The maximum Gasteiger partial charge on any atom is 0.284 e. The molecule has 5 N–H and O–H groups in total. The Labute approximate surface area is 276 Å². The number of carbonyl (C=O) groups excluding carboxylic acids is 1. The summed E-state index contributed by atoms with van der Waals surface area (Å²) in [4.78, 5) is 25.4. The van der Waals surface area contributed by atoms with Crippen molar-refractivity contribution in [2.45, 2.75) is 55.0 Å². The summed E-state index contributed by atoms with van der Waals surface area (Å²) in [6.07, 6.45) is 6.81. The van der Waals surface area contributed by atoms with Gasteiger partial charge in [0.15, 0.2) is 10.1 Å². The van der Waals surface area contributed by atoms with Crippen molar-refractivity contribution >= 4 is 72.4 Å². The van der Waals surface area contributed by atoms with Crippen LogP contribution in [-0.2, 0) is 20.0 Å². The topological polar surface area (TPSA) is 195 Å². The number of anilines is 2. The second kappa shape index (κ2) is 13.9. The number of likely N-dealkylation sites (tertiary alicyclic amines) is 1. The molecule has 18 heteroatoms. The van der Waals surface area contributed by atoms with Crippen molar-refractivity contribution in [3.05, 3.63) is 87.8 Å². The molecule has 5 heterocycles. The van der Waals surface area contributed by atoms with Gasteiger partial charge in [0, 0.05) is 12.1 Å². The van der Waals surface area contributed by atoms with Crippen LogP contribution in [0.15, 0.2) is 82.0 Å². The van der Waals surface area contributed by atoms with Crippen molar-refractivity contribution in [3.63, 3.8) is 0 Å². The number of pyridine rings is 3. The number of nitrogens with zero attached hydrogens (tertiary/aromatic N) is 5. The van der Waals surface area contributed by atoms with Gasteiger partial charge in [-0.15, -0.1) is 0 Å². The minimum absolute atomic E-state index is 0.0107. The molecule has 1 saturated heterocycles. The van der Waals surface area contributed by atoms with Gasteiger partial charge in [-0.2, -0.15) is 16.8 Å². The molecular formula is C27H29Cl3N8O5S2. The smallest absolute Gasteiger partial charge is 0.284 e. The van der Waals surface area contributed by atoms with Crippen LogP contribution in [0.5, 0.6) is 0 Å². The number of carbonyl (C=O) groups is 1. The zero-order valence-corrected chi connectivity index (χ0v) is 27.8. The fourth-order valence-corrected chi connectivity index (χ4v) is 8.04. The van der Waals surface area contributed by atoms with Crippen LogP contribution in [0.3, 0.4) is 0 Å². The Kier molecular flexibility index (Phi) is 10.6. The number of allylic oxidation sites excluding steroid dienone is 2. The molecule has 3 aromatic heterocycles. The first-order valence-electron chi connectivity index (χ1n) is 13.3. The van der Waals surface area contributed by atoms with Crippen LogP contribution in [0.1, 0.15) is 37.0 Å². The lowest BCUT2D eigenvalue weighted by atomic mass is 10.2. The van der Waals surface area contributed by atoms with Crippen molar-refractivity contribution in [2.24, 2.45) is 0 Å². The summed E-state index contributed by atoms with van der Waals surface area (Å²) in [6.45, 7) is 4.21. The first-order valence-corrected chi connectivity index (χ1v) is 17.4. The highest BCUT2D eigenvalue weighted by Gasteiger charge is 2.42. The summed E-state index contributed by atoms with van der Waals surface area (Å²) < 4.78 is 53.4. The minimum atomic E-state index is -4.17. The molecule has 2 aliphatic rings. The predicted octanol–water partition coefficient (Wildman–Crippen LogP) is 3.99. The average Bonchev–Trinajstić information content (AvgIpc) is 3.30. The van der Waals surface area contributed by atoms with Gasteiger partial charge in [0.2, 0.25) is 0 Å². The molecule has 1 amide bonds. The molecule has 5 rings (SSSR count). The van der Waals surface area contributed by atoms with E-state index in [9.17, 15) is 21.6 Å². The fraction of sp³-hybridized carbons (Fsp3) is 0.259. The number of hydrogen-bond acceptors (Lipinski definition) is 11. The van der Waals surface area contributed by atoms with E-state index >= 15 is 0 Å². The fourth-order valence-electron chi connectivity index (χ4n) is 4.79. The number of aromatic nitrogens is 3. The Morgan fingerprint density at radius 3 is 2.02 bits per heavy atom. The third-order valence-corrected chi connectivity index (χ3v) is 10.7. The number of hydrogen-bond donors (Lipinski definition) is 3. The lowest BCUT2D eigenvalue weighted by molar-refractivity contribution is 0.0981. The monoisotopic (exact) mass is 714 g/mol. The Morgan fingerprint density at radius 1 is 0.867 bits per heavy atom. The van der Waals surface area contributed by atoms with E-state index in [1.54, 1.807) is 24.3 Å². The molecule has 0 radical (unpaired) electrons. The number of sulfonamides is 2. The lowest BCUT2D eigenvalue weighted by Gasteiger charge is -2.41. The SMILES string of the molecule is C[C@@H]1CC[C@H](C)N1C1C=CC=C(Cl)N1S(=O)(=O)c1cccc(N)n1.Nc1cccc(S(=O)(=O)NC(=O)c2ccc(Cl)nc2Cl)n1. The Morgan fingerprint density at radius 2 is 1.44 bits per heavy atom. The highest BCUT2D eigenvalue weighted by Crippen LogP contribution is 2.35. The van der Waals surface area contributed by atoms with Crippen molar-refractivity contribution in [2.75, 3.05) is 11.5 Å². The van der Waals surface area contributed by atoms with E-state index < -0.39 is 32.1 Å². The zero-order valence-electron chi connectivity index (χ0n) is 23.9. The minimum Gasteiger partial charge on any atom is -0.384 e. The highest BCUT2D eigenvalue weighted by molar-refractivity contribution is 7.90. The van der Waals surface area contributed by atoms with Gasteiger partial charge in [-0.05, 0) is 75.2 Å². The molecule has 1 fully saturated rings. The predicted molar refractivity (Wildman–Crippen MR) is 172 cm³/mol. The third-order valence-electron chi connectivity index (χ3n) is 6.87. The average molecular weight is 716 g/mol. The van der Waals surface area contributed by atoms with E-state index in [2.05, 4.69) is 33.7 Å². The number of nitrogen functional groups attached to an aromatic ring is 2. The molecule has 3 atom stereocenters. The molecule has 0 aliphatic carbocycles. The molecule has 3 aromatic rings. The molecule has 1 unspecified atom stereocenters. The van der Waals surface area contributed by atoms with Crippen LogP contribution < -0.4 is 16.2 Å². The normalized spacial score (nSPS) is 20.2. The van der Waals surface area contributed by atoms with Crippen LogP contribution in [0, 0.1) is 0 Å². The van der Waals surface area contributed by atoms with Gasteiger partial charge in [0.05, 0.1) is 5.56 Å². The van der Waals surface area contributed by atoms with Crippen molar-refractivity contribution < 1.29 is 21.6 Å². The van der Waals surface area contributed by atoms with E-state index in [-0.39, 0.29) is 54.8 Å². The summed E-state index contributed by atoms with van der Waals surface area (Å²) in [5, 5.41) is -0.464. The van der Waals surface area contributed by atoms with Crippen molar-refractivity contribution in [3.8, 4) is 0 Å². The van der Waals surface area contributed by atoms with Crippen LogP contribution in [0.2, 0.25) is 10.3 Å². The Bertz CT molecular complexity index is 1870. The second-order valence-corrected chi connectivity index (χ2v) is 14.5. The van der Waals surface area contributed by atoms with Crippen LogP contribution in [0.25, 0.3) is 0 Å². The van der Waals surface area contributed by atoms with E-state index in [0.717, 1.165) is 12.8 Å². The number of rotatable bonds is 6.